The highest BCUT2D eigenvalue weighted by molar-refractivity contribution is 8.02. The Labute approximate surface area is 172 Å². The molecule has 4 rings (SSSR count). The summed E-state index contributed by atoms with van der Waals surface area (Å²) in [7, 11) is 0. The predicted octanol–water partition coefficient (Wildman–Crippen LogP) is 7.01. The maximum absolute atomic E-state index is 13.7. The minimum atomic E-state index is -0.424. The standard InChI is InChI=1S/C24H42O2S/c1-7-11-23(6,27-22(5,8-2)9-3)21(25)26-24(10-4)19-13-17-12-18(15-19)16-20(24)14-17/h17-20H,7-16H2,1-6H3. The number of ether oxygens (including phenoxy) is 1. The second-order valence-electron chi connectivity index (χ2n) is 10.2. The largest absolute Gasteiger partial charge is 0.457 e. The lowest BCUT2D eigenvalue weighted by Gasteiger charge is -2.60. The summed E-state index contributed by atoms with van der Waals surface area (Å²) in [6, 6.07) is 0. The van der Waals surface area contributed by atoms with Crippen LogP contribution in [-0.4, -0.2) is 21.1 Å². The lowest BCUT2D eigenvalue weighted by molar-refractivity contribution is -0.212. The maximum Gasteiger partial charge on any atom is 0.322 e. The molecule has 0 aromatic rings. The van der Waals surface area contributed by atoms with Crippen LogP contribution in [-0.2, 0) is 9.53 Å². The van der Waals surface area contributed by atoms with Crippen molar-refractivity contribution in [3.63, 3.8) is 0 Å². The summed E-state index contributed by atoms with van der Waals surface area (Å²) in [5.74, 6) is 3.12. The van der Waals surface area contributed by atoms with E-state index in [0.717, 1.165) is 43.9 Å². The quantitative estimate of drug-likeness (QED) is 0.394. The molecule has 1 unspecified atom stereocenters. The Morgan fingerprint density at radius 1 is 0.963 bits per heavy atom. The van der Waals surface area contributed by atoms with Gasteiger partial charge in [0.05, 0.1) is 0 Å². The van der Waals surface area contributed by atoms with Crippen LogP contribution in [0.25, 0.3) is 0 Å². The Kier molecular flexibility index (Phi) is 6.31. The zero-order chi connectivity index (χ0) is 19.9. The number of esters is 1. The molecule has 1 atom stereocenters. The molecule has 0 amide bonds. The van der Waals surface area contributed by atoms with Gasteiger partial charge in [0.1, 0.15) is 10.3 Å². The van der Waals surface area contributed by atoms with E-state index >= 15 is 0 Å². The van der Waals surface area contributed by atoms with Crippen molar-refractivity contribution in [3.05, 3.63) is 0 Å². The molecule has 4 fully saturated rings. The Morgan fingerprint density at radius 3 is 1.89 bits per heavy atom. The first-order valence-corrected chi connectivity index (χ1v) is 12.5. The smallest absolute Gasteiger partial charge is 0.322 e. The zero-order valence-corrected chi connectivity index (χ0v) is 19.4. The summed E-state index contributed by atoms with van der Waals surface area (Å²) >= 11 is 1.89. The highest BCUT2D eigenvalue weighted by Crippen LogP contribution is 2.61. The van der Waals surface area contributed by atoms with Gasteiger partial charge < -0.3 is 4.74 Å². The fraction of sp³-hybridized carbons (Fsp3) is 0.958. The van der Waals surface area contributed by atoms with Gasteiger partial charge in [0.15, 0.2) is 0 Å². The van der Waals surface area contributed by atoms with E-state index in [1.165, 1.54) is 32.1 Å². The molecule has 156 valence electrons. The highest BCUT2D eigenvalue weighted by Gasteiger charge is 2.59. The normalized spacial score (nSPS) is 37.3. The van der Waals surface area contributed by atoms with Crippen molar-refractivity contribution in [2.75, 3.05) is 0 Å². The Hall–Kier alpha value is -0.180. The van der Waals surface area contributed by atoms with Crippen LogP contribution in [0.3, 0.4) is 0 Å². The van der Waals surface area contributed by atoms with Gasteiger partial charge in [-0.25, -0.2) is 0 Å². The first-order chi connectivity index (χ1) is 12.7. The highest BCUT2D eigenvalue weighted by atomic mass is 32.2. The second-order valence-corrected chi connectivity index (χ2v) is 12.3. The molecule has 0 spiro atoms. The van der Waals surface area contributed by atoms with Crippen molar-refractivity contribution in [3.8, 4) is 0 Å². The molecule has 4 bridgehead atoms. The fourth-order valence-corrected chi connectivity index (χ4v) is 8.50. The second kappa shape index (κ2) is 7.92. The number of carbonyl (C=O) groups excluding carboxylic acids is 1. The third-order valence-electron chi connectivity index (χ3n) is 8.48. The molecule has 4 saturated carbocycles. The van der Waals surface area contributed by atoms with Gasteiger partial charge in [0.25, 0.3) is 0 Å². The average molecular weight is 395 g/mol. The molecular weight excluding hydrogens is 352 g/mol. The van der Waals surface area contributed by atoms with E-state index < -0.39 is 4.75 Å². The summed E-state index contributed by atoms with van der Waals surface area (Å²) in [6.45, 7) is 13.4. The van der Waals surface area contributed by atoms with Crippen LogP contribution in [0, 0.1) is 23.7 Å². The first kappa shape index (κ1) is 21.5. The lowest BCUT2D eigenvalue weighted by Crippen LogP contribution is -2.60. The van der Waals surface area contributed by atoms with Crippen LogP contribution in [0.2, 0.25) is 0 Å². The van der Waals surface area contributed by atoms with Crippen LogP contribution in [0.4, 0.5) is 0 Å². The van der Waals surface area contributed by atoms with Crippen molar-refractivity contribution in [2.24, 2.45) is 23.7 Å². The molecule has 4 aliphatic rings. The van der Waals surface area contributed by atoms with Gasteiger partial charge in [0, 0.05) is 4.75 Å². The summed E-state index contributed by atoms with van der Waals surface area (Å²) in [5.41, 5.74) is -0.172. The number of hydrogen-bond donors (Lipinski definition) is 0. The Balaban J connectivity index is 1.82. The van der Waals surface area contributed by atoms with E-state index in [4.69, 9.17) is 4.74 Å². The zero-order valence-electron chi connectivity index (χ0n) is 18.6. The van der Waals surface area contributed by atoms with Crippen molar-refractivity contribution in [2.45, 2.75) is 121 Å². The summed E-state index contributed by atoms with van der Waals surface area (Å²) in [5, 5.41) is 0. The number of thioether (sulfide) groups is 1. The molecule has 4 aliphatic carbocycles. The molecule has 0 N–H and O–H groups in total. The molecule has 0 aliphatic heterocycles. The Bertz CT molecular complexity index is 510. The van der Waals surface area contributed by atoms with Gasteiger partial charge in [-0.15, -0.1) is 11.8 Å². The summed E-state index contributed by atoms with van der Waals surface area (Å²) in [4.78, 5) is 13.7. The van der Waals surface area contributed by atoms with Gasteiger partial charge in [-0.3, -0.25) is 4.79 Å². The molecule has 0 saturated heterocycles. The lowest BCUT2D eigenvalue weighted by atomic mass is 9.49. The third kappa shape index (κ3) is 3.83. The van der Waals surface area contributed by atoms with Crippen LogP contribution in [0.1, 0.15) is 106 Å². The van der Waals surface area contributed by atoms with Crippen LogP contribution in [0.5, 0.6) is 0 Å². The average Bonchev–Trinajstić information content (AvgIpc) is 2.64. The minimum Gasteiger partial charge on any atom is -0.457 e. The van der Waals surface area contributed by atoms with Gasteiger partial charge in [-0.05, 0) is 88.4 Å². The first-order valence-electron chi connectivity index (χ1n) is 11.7. The summed E-state index contributed by atoms with van der Waals surface area (Å²) < 4.78 is 6.38. The third-order valence-corrected chi connectivity index (χ3v) is 10.4. The van der Waals surface area contributed by atoms with Crippen LogP contribution >= 0.6 is 11.8 Å². The van der Waals surface area contributed by atoms with E-state index in [9.17, 15) is 4.79 Å². The van der Waals surface area contributed by atoms with E-state index in [2.05, 4.69) is 41.5 Å². The van der Waals surface area contributed by atoms with Gasteiger partial charge in [-0.1, -0.05) is 41.0 Å². The van der Waals surface area contributed by atoms with Gasteiger partial charge >= 0.3 is 5.97 Å². The fourth-order valence-electron chi connectivity index (χ4n) is 6.69. The molecule has 0 radical (unpaired) electrons. The molecular formula is C24H42O2S. The van der Waals surface area contributed by atoms with Gasteiger partial charge in [0.2, 0.25) is 0 Å². The number of hydrogen-bond acceptors (Lipinski definition) is 3. The topological polar surface area (TPSA) is 26.3 Å². The minimum absolute atomic E-state index is 0.0804. The molecule has 0 aromatic heterocycles. The Morgan fingerprint density at radius 2 is 1.48 bits per heavy atom. The van der Waals surface area contributed by atoms with Crippen molar-refractivity contribution < 1.29 is 9.53 Å². The van der Waals surface area contributed by atoms with E-state index in [1.807, 2.05) is 11.8 Å². The monoisotopic (exact) mass is 394 g/mol. The molecule has 27 heavy (non-hydrogen) atoms. The molecule has 2 nitrogen and oxygen atoms in total. The van der Waals surface area contributed by atoms with E-state index in [0.29, 0.717) is 11.8 Å². The maximum atomic E-state index is 13.7. The predicted molar refractivity (Wildman–Crippen MR) is 116 cm³/mol. The van der Waals surface area contributed by atoms with Crippen molar-refractivity contribution >= 4 is 17.7 Å². The van der Waals surface area contributed by atoms with Crippen LogP contribution < -0.4 is 0 Å². The van der Waals surface area contributed by atoms with Crippen molar-refractivity contribution in [1.82, 2.24) is 0 Å². The van der Waals surface area contributed by atoms with E-state index in [1.54, 1.807) is 0 Å². The van der Waals surface area contributed by atoms with Crippen LogP contribution in [0.15, 0.2) is 0 Å². The molecule has 0 aromatic carbocycles. The van der Waals surface area contributed by atoms with Gasteiger partial charge in [-0.2, -0.15) is 0 Å². The van der Waals surface area contributed by atoms with E-state index in [-0.39, 0.29) is 16.3 Å². The summed E-state index contributed by atoms with van der Waals surface area (Å²) in [6.07, 6.45) is 11.8. The molecule has 0 heterocycles. The SMILES string of the molecule is CCCC(C)(SC(C)(CC)CC)C(=O)OC1(CC)C2CC3CC(C2)CC1C3. The number of rotatable bonds is 9. The number of carbonyl (C=O) groups is 1. The van der Waals surface area contributed by atoms with Crippen molar-refractivity contribution in [1.29, 1.82) is 0 Å². The molecule has 3 heteroatoms.